The van der Waals surface area contributed by atoms with Crippen LogP contribution < -0.4 is 21.9 Å². The topological polar surface area (TPSA) is 105 Å². The van der Waals surface area contributed by atoms with Crippen LogP contribution in [0.4, 0.5) is 9.59 Å². The average molecular weight is 232 g/mol. The number of carbonyl (C=O) groups excluding carboxylic acids is 2. The van der Waals surface area contributed by atoms with Crippen LogP contribution in [0.1, 0.15) is 27.2 Å². The zero-order chi connectivity index (χ0) is 12.6. The second-order valence-electron chi connectivity index (χ2n) is 3.66. The van der Waals surface area contributed by atoms with Crippen LogP contribution in [0.5, 0.6) is 0 Å². The van der Waals surface area contributed by atoms with Crippen molar-refractivity contribution in [3.05, 3.63) is 0 Å². The molecule has 0 bridgehead atoms. The Morgan fingerprint density at radius 1 is 1.31 bits per heavy atom. The van der Waals surface area contributed by atoms with Gasteiger partial charge in [-0.2, -0.15) is 0 Å². The minimum Gasteiger partial charge on any atom is -0.450 e. The van der Waals surface area contributed by atoms with E-state index in [2.05, 4.69) is 10.6 Å². The molecule has 5 N–H and O–H groups in total. The Bertz CT molecular complexity index is 233. The second kappa shape index (κ2) is 7.75. The molecule has 0 aromatic carbocycles. The fourth-order valence-electron chi connectivity index (χ4n) is 1.14. The lowest BCUT2D eigenvalue weighted by molar-refractivity contribution is 0.144. The summed E-state index contributed by atoms with van der Waals surface area (Å²) in [6.45, 7) is 5.93. The van der Waals surface area contributed by atoms with E-state index in [4.69, 9.17) is 10.6 Å². The summed E-state index contributed by atoms with van der Waals surface area (Å²) in [4.78, 5) is 22.2. The average Bonchev–Trinajstić information content (AvgIpc) is 2.16. The first kappa shape index (κ1) is 14.5. The Morgan fingerprint density at radius 2 is 1.94 bits per heavy atom. The fraction of sp³-hybridized carbons (Fsp3) is 0.778. The summed E-state index contributed by atoms with van der Waals surface area (Å²) < 4.78 is 4.72. The molecular formula is C9H20N4O3. The van der Waals surface area contributed by atoms with Gasteiger partial charge in [0.15, 0.2) is 0 Å². The van der Waals surface area contributed by atoms with E-state index in [0.29, 0.717) is 12.3 Å². The highest BCUT2D eigenvalue weighted by Crippen LogP contribution is 2.02. The summed E-state index contributed by atoms with van der Waals surface area (Å²) in [7, 11) is 0. The molecule has 0 aliphatic heterocycles. The van der Waals surface area contributed by atoms with E-state index in [9.17, 15) is 9.59 Å². The van der Waals surface area contributed by atoms with Crippen LogP contribution in [0.15, 0.2) is 0 Å². The first-order chi connectivity index (χ1) is 7.49. The third-order valence-corrected chi connectivity index (χ3v) is 1.71. The first-order valence-electron chi connectivity index (χ1n) is 5.20. The number of amides is 3. The van der Waals surface area contributed by atoms with Crippen LogP contribution in [-0.2, 0) is 4.74 Å². The highest BCUT2D eigenvalue weighted by atomic mass is 16.5. The number of carbonyl (C=O) groups is 2. The van der Waals surface area contributed by atoms with Crippen LogP contribution in [-0.4, -0.2) is 24.9 Å². The number of hydrogen-bond donors (Lipinski definition) is 4. The van der Waals surface area contributed by atoms with Crippen molar-refractivity contribution < 1.29 is 14.3 Å². The maximum Gasteiger partial charge on any atom is 0.408 e. The van der Waals surface area contributed by atoms with Crippen molar-refractivity contribution in [1.29, 1.82) is 0 Å². The standard InChI is InChI=1S/C9H20N4O3/c1-4-16-9(15)12-7(5-6(2)3)11-8(14)13-10/h6-7H,4-5,10H2,1-3H3,(H,12,15)(H2,11,13,14)/t7-/m0/s1. The lowest BCUT2D eigenvalue weighted by atomic mass is 10.1. The number of urea groups is 1. The minimum absolute atomic E-state index is 0.281. The molecule has 0 heterocycles. The van der Waals surface area contributed by atoms with Crippen molar-refractivity contribution in [3.63, 3.8) is 0 Å². The maximum absolute atomic E-state index is 11.2. The van der Waals surface area contributed by atoms with Crippen LogP contribution >= 0.6 is 0 Å². The summed E-state index contributed by atoms with van der Waals surface area (Å²) in [5.41, 5.74) is 1.93. The van der Waals surface area contributed by atoms with Gasteiger partial charge in [-0.1, -0.05) is 13.8 Å². The molecule has 0 rings (SSSR count). The van der Waals surface area contributed by atoms with Gasteiger partial charge in [0, 0.05) is 0 Å². The Labute approximate surface area is 95.1 Å². The van der Waals surface area contributed by atoms with Crippen LogP contribution in [0.2, 0.25) is 0 Å². The monoisotopic (exact) mass is 232 g/mol. The lowest BCUT2D eigenvalue weighted by Crippen LogP contribution is -2.53. The summed E-state index contributed by atoms with van der Waals surface area (Å²) in [6, 6.07) is -0.553. The SMILES string of the molecule is CCOC(=O)N[C@@H](CC(C)C)NC(=O)NN. The number of alkyl carbamates (subject to hydrolysis) is 1. The molecule has 0 unspecified atom stereocenters. The van der Waals surface area contributed by atoms with E-state index in [1.54, 1.807) is 6.92 Å². The van der Waals surface area contributed by atoms with Gasteiger partial charge in [-0.05, 0) is 19.3 Å². The fourth-order valence-corrected chi connectivity index (χ4v) is 1.14. The molecule has 94 valence electrons. The van der Waals surface area contributed by atoms with E-state index in [-0.39, 0.29) is 6.61 Å². The van der Waals surface area contributed by atoms with Crippen molar-refractivity contribution >= 4 is 12.1 Å². The molecule has 0 spiro atoms. The predicted octanol–water partition coefficient (Wildman–Crippen LogP) is 0.278. The van der Waals surface area contributed by atoms with Gasteiger partial charge in [-0.25, -0.2) is 15.4 Å². The van der Waals surface area contributed by atoms with Crippen molar-refractivity contribution in [2.45, 2.75) is 33.4 Å². The van der Waals surface area contributed by atoms with Crippen molar-refractivity contribution in [1.82, 2.24) is 16.1 Å². The number of rotatable bonds is 5. The van der Waals surface area contributed by atoms with E-state index >= 15 is 0 Å². The van der Waals surface area contributed by atoms with Crippen LogP contribution in [0, 0.1) is 5.92 Å². The highest BCUT2D eigenvalue weighted by Gasteiger charge is 2.16. The van der Waals surface area contributed by atoms with Crippen LogP contribution in [0.25, 0.3) is 0 Å². The molecule has 1 atom stereocenters. The summed E-state index contributed by atoms with van der Waals surface area (Å²) in [5, 5.41) is 5.03. The number of hydrazine groups is 1. The van der Waals surface area contributed by atoms with Gasteiger partial charge < -0.3 is 15.4 Å². The number of nitrogens with one attached hydrogen (secondary N) is 3. The Morgan fingerprint density at radius 3 is 2.38 bits per heavy atom. The van der Waals surface area contributed by atoms with Gasteiger partial charge in [0.2, 0.25) is 0 Å². The predicted molar refractivity (Wildman–Crippen MR) is 59.3 cm³/mol. The smallest absolute Gasteiger partial charge is 0.408 e. The highest BCUT2D eigenvalue weighted by molar-refractivity contribution is 5.74. The quantitative estimate of drug-likeness (QED) is 0.236. The molecule has 0 aliphatic rings. The van der Waals surface area contributed by atoms with Gasteiger partial charge in [0.05, 0.1) is 6.61 Å². The molecule has 0 aromatic heterocycles. The molecule has 0 saturated heterocycles. The van der Waals surface area contributed by atoms with Gasteiger partial charge in [0.25, 0.3) is 0 Å². The molecule has 0 aliphatic carbocycles. The Hall–Kier alpha value is -1.50. The summed E-state index contributed by atoms with van der Waals surface area (Å²) in [6.07, 6.45) is -0.472. The Kier molecular flexibility index (Phi) is 7.02. The number of hydrogen-bond acceptors (Lipinski definition) is 4. The zero-order valence-corrected chi connectivity index (χ0v) is 9.87. The van der Waals surface area contributed by atoms with Gasteiger partial charge >= 0.3 is 12.1 Å². The molecule has 7 heteroatoms. The van der Waals surface area contributed by atoms with E-state index in [1.165, 1.54) is 0 Å². The molecule has 0 aromatic rings. The number of ether oxygens (including phenoxy) is 1. The molecular weight excluding hydrogens is 212 g/mol. The van der Waals surface area contributed by atoms with Crippen molar-refractivity contribution in [2.24, 2.45) is 11.8 Å². The number of nitrogens with two attached hydrogens (primary N) is 1. The molecule has 7 nitrogen and oxygen atoms in total. The third kappa shape index (κ3) is 6.88. The van der Waals surface area contributed by atoms with E-state index < -0.39 is 18.3 Å². The minimum atomic E-state index is -0.564. The lowest BCUT2D eigenvalue weighted by Gasteiger charge is -2.21. The van der Waals surface area contributed by atoms with Gasteiger partial charge in [-0.3, -0.25) is 5.43 Å². The van der Waals surface area contributed by atoms with E-state index in [1.807, 2.05) is 19.3 Å². The van der Waals surface area contributed by atoms with Gasteiger partial charge in [-0.15, -0.1) is 0 Å². The summed E-state index contributed by atoms with van der Waals surface area (Å²) >= 11 is 0. The normalized spacial score (nSPS) is 11.8. The van der Waals surface area contributed by atoms with Gasteiger partial charge in [0.1, 0.15) is 6.17 Å². The molecule has 3 amide bonds. The maximum atomic E-state index is 11.2. The van der Waals surface area contributed by atoms with Crippen molar-refractivity contribution in [3.8, 4) is 0 Å². The Balaban J connectivity index is 4.19. The second-order valence-corrected chi connectivity index (χ2v) is 3.66. The van der Waals surface area contributed by atoms with E-state index in [0.717, 1.165) is 0 Å². The first-order valence-corrected chi connectivity index (χ1v) is 5.20. The molecule has 16 heavy (non-hydrogen) atoms. The molecule has 0 fully saturated rings. The largest absolute Gasteiger partial charge is 0.450 e. The third-order valence-electron chi connectivity index (χ3n) is 1.71. The summed E-state index contributed by atoms with van der Waals surface area (Å²) in [5.74, 6) is 5.24. The molecule has 0 radical (unpaired) electrons. The zero-order valence-electron chi connectivity index (χ0n) is 9.87. The van der Waals surface area contributed by atoms with Crippen molar-refractivity contribution in [2.75, 3.05) is 6.61 Å². The molecule has 0 saturated carbocycles. The van der Waals surface area contributed by atoms with Crippen LogP contribution in [0.3, 0.4) is 0 Å².